The molecular weight excluding hydrogens is 458 g/mol. The SMILES string of the molecule is CC(=O)Oc1cccc(C(=O)Nc2ccccc2CNC(=O)c2ccc(NS(C)(=O)=O)cc2)c1. The van der Waals surface area contributed by atoms with Crippen LogP contribution in [0.5, 0.6) is 5.75 Å². The van der Waals surface area contributed by atoms with Crippen molar-refractivity contribution < 1.29 is 27.5 Å². The van der Waals surface area contributed by atoms with E-state index in [0.717, 1.165) is 6.26 Å². The number of para-hydroxylation sites is 1. The van der Waals surface area contributed by atoms with Crippen LogP contribution in [0.15, 0.2) is 72.8 Å². The normalized spacial score (nSPS) is 10.8. The highest BCUT2D eigenvalue weighted by Crippen LogP contribution is 2.19. The molecule has 0 spiro atoms. The van der Waals surface area contributed by atoms with Crippen molar-refractivity contribution in [2.75, 3.05) is 16.3 Å². The maximum absolute atomic E-state index is 12.7. The van der Waals surface area contributed by atoms with Crippen molar-refractivity contribution in [2.24, 2.45) is 0 Å². The van der Waals surface area contributed by atoms with Crippen molar-refractivity contribution in [1.29, 1.82) is 0 Å². The molecule has 10 heteroatoms. The Balaban J connectivity index is 1.66. The Morgan fingerprint density at radius 3 is 2.24 bits per heavy atom. The Labute approximate surface area is 197 Å². The Bertz CT molecular complexity index is 1320. The van der Waals surface area contributed by atoms with E-state index in [9.17, 15) is 22.8 Å². The number of anilines is 2. The van der Waals surface area contributed by atoms with Crippen LogP contribution in [0, 0.1) is 0 Å². The zero-order valence-corrected chi connectivity index (χ0v) is 19.3. The first-order valence-corrected chi connectivity index (χ1v) is 12.0. The van der Waals surface area contributed by atoms with Crippen molar-refractivity contribution in [2.45, 2.75) is 13.5 Å². The molecule has 0 unspecified atom stereocenters. The van der Waals surface area contributed by atoms with Crippen LogP contribution in [-0.2, 0) is 21.4 Å². The van der Waals surface area contributed by atoms with Gasteiger partial charge in [-0.15, -0.1) is 0 Å². The lowest BCUT2D eigenvalue weighted by Crippen LogP contribution is -2.24. The molecule has 0 fully saturated rings. The molecule has 0 heterocycles. The summed E-state index contributed by atoms with van der Waals surface area (Å²) in [4.78, 5) is 36.4. The fourth-order valence-electron chi connectivity index (χ4n) is 3.04. The van der Waals surface area contributed by atoms with Gasteiger partial charge in [-0.25, -0.2) is 8.42 Å². The Morgan fingerprint density at radius 1 is 0.853 bits per heavy atom. The van der Waals surface area contributed by atoms with Crippen LogP contribution in [-0.4, -0.2) is 32.5 Å². The number of hydrogen-bond donors (Lipinski definition) is 3. The lowest BCUT2D eigenvalue weighted by molar-refractivity contribution is -0.131. The third-order valence-corrected chi connectivity index (χ3v) is 5.12. The number of esters is 1. The maximum Gasteiger partial charge on any atom is 0.308 e. The number of nitrogens with one attached hydrogen (secondary N) is 3. The third kappa shape index (κ3) is 7.17. The molecule has 0 aromatic heterocycles. The minimum Gasteiger partial charge on any atom is -0.427 e. The summed E-state index contributed by atoms with van der Waals surface area (Å²) in [6.45, 7) is 1.42. The first-order valence-electron chi connectivity index (χ1n) is 10.1. The lowest BCUT2D eigenvalue weighted by Gasteiger charge is -2.13. The molecule has 0 aliphatic rings. The Morgan fingerprint density at radius 2 is 1.56 bits per heavy atom. The van der Waals surface area contributed by atoms with Gasteiger partial charge in [-0.05, 0) is 54.1 Å². The summed E-state index contributed by atoms with van der Waals surface area (Å²) >= 11 is 0. The Hall–Kier alpha value is -4.18. The van der Waals surface area contributed by atoms with Crippen LogP contribution < -0.4 is 20.1 Å². The number of benzene rings is 3. The topological polar surface area (TPSA) is 131 Å². The van der Waals surface area contributed by atoms with E-state index in [1.807, 2.05) is 0 Å². The fourth-order valence-corrected chi connectivity index (χ4v) is 3.60. The van der Waals surface area contributed by atoms with Gasteiger partial charge in [0.05, 0.1) is 6.26 Å². The quantitative estimate of drug-likeness (QED) is 0.335. The first kappa shape index (κ1) is 24.5. The van der Waals surface area contributed by atoms with Crippen molar-refractivity contribution in [1.82, 2.24) is 5.32 Å². The number of carbonyl (C=O) groups excluding carboxylic acids is 3. The number of carbonyl (C=O) groups is 3. The molecule has 176 valence electrons. The summed E-state index contributed by atoms with van der Waals surface area (Å²) in [5.74, 6) is -0.985. The number of ether oxygens (including phenoxy) is 1. The van der Waals surface area contributed by atoms with E-state index >= 15 is 0 Å². The van der Waals surface area contributed by atoms with Crippen LogP contribution in [0.1, 0.15) is 33.2 Å². The summed E-state index contributed by atoms with van der Waals surface area (Å²) < 4.78 is 29.9. The van der Waals surface area contributed by atoms with Crippen LogP contribution in [0.25, 0.3) is 0 Å². The maximum atomic E-state index is 12.7. The van der Waals surface area contributed by atoms with Crippen molar-refractivity contribution in [3.8, 4) is 5.75 Å². The molecule has 0 saturated carbocycles. The van der Waals surface area contributed by atoms with Crippen LogP contribution in [0.3, 0.4) is 0 Å². The second kappa shape index (κ2) is 10.6. The molecule has 34 heavy (non-hydrogen) atoms. The highest BCUT2D eigenvalue weighted by Gasteiger charge is 2.12. The van der Waals surface area contributed by atoms with Gasteiger partial charge in [0.2, 0.25) is 10.0 Å². The average molecular weight is 482 g/mol. The summed E-state index contributed by atoms with van der Waals surface area (Å²) in [6, 6.07) is 19.3. The Kier molecular flexibility index (Phi) is 7.64. The second-order valence-corrected chi connectivity index (χ2v) is 9.12. The highest BCUT2D eigenvalue weighted by molar-refractivity contribution is 7.92. The molecule has 3 N–H and O–H groups in total. The molecule has 0 atom stereocenters. The van der Waals surface area contributed by atoms with Gasteiger partial charge in [-0.2, -0.15) is 0 Å². The van der Waals surface area contributed by atoms with Crippen molar-refractivity contribution in [3.05, 3.63) is 89.5 Å². The monoisotopic (exact) mass is 481 g/mol. The molecule has 0 aliphatic heterocycles. The van der Waals surface area contributed by atoms with E-state index < -0.39 is 21.9 Å². The zero-order chi connectivity index (χ0) is 24.7. The van der Waals surface area contributed by atoms with Gasteiger partial charge in [-0.3, -0.25) is 19.1 Å². The van der Waals surface area contributed by atoms with E-state index in [1.54, 1.807) is 42.5 Å². The lowest BCUT2D eigenvalue weighted by atomic mass is 10.1. The number of rotatable bonds is 8. The molecule has 3 aromatic rings. The summed E-state index contributed by atoms with van der Waals surface area (Å²) in [5.41, 5.74) is 2.20. The van der Waals surface area contributed by atoms with E-state index in [1.165, 1.54) is 37.3 Å². The largest absolute Gasteiger partial charge is 0.427 e. The van der Waals surface area contributed by atoms with Gasteiger partial charge in [0.15, 0.2) is 0 Å². The van der Waals surface area contributed by atoms with Crippen LogP contribution in [0.2, 0.25) is 0 Å². The molecule has 0 bridgehead atoms. The van der Waals surface area contributed by atoms with E-state index in [-0.39, 0.29) is 18.2 Å². The number of amides is 2. The van der Waals surface area contributed by atoms with E-state index in [2.05, 4.69) is 15.4 Å². The van der Waals surface area contributed by atoms with E-state index in [0.29, 0.717) is 28.1 Å². The minimum atomic E-state index is -3.41. The third-order valence-electron chi connectivity index (χ3n) is 4.51. The predicted molar refractivity (Wildman–Crippen MR) is 128 cm³/mol. The van der Waals surface area contributed by atoms with Gasteiger partial charge in [-0.1, -0.05) is 24.3 Å². The standard InChI is InChI=1S/C24H23N3O6S/c1-16(28)33-21-8-5-7-18(14-21)24(30)26-22-9-4-3-6-19(22)15-25-23(29)17-10-12-20(13-11-17)27-34(2,31)32/h3-14,27H,15H2,1-2H3,(H,25,29)(H,26,30). The molecule has 2 amide bonds. The molecule has 3 rings (SSSR count). The number of sulfonamides is 1. The van der Waals surface area contributed by atoms with Gasteiger partial charge in [0, 0.05) is 36.0 Å². The van der Waals surface area contributed by atoms with Crippen LogP contribution >= 0.6 is 0 Å². The number of hydrogen-bond acceptors (Lipinski definition) is 6. The molecule has 0 radical (unpaired) electrons. The predicted octanol–water partition coefficient (Wildman–Crippen LogP) is 3.17. The minimum absolute atomic E-state index is 0.145. The first-order chi connectivity index (χ1) is 16.1. The molecule has 0 saturated heterocycles. The molecule has 3 aromatic carbocycles. The average Bonchev–Trinajstić information content (AvgIpc) is 2.77. The molecular formula is C24H23N3O6S. The fraction of sp³-hybridized carbons (Fsp3) is 0.125. The van der Waals surface area contributed by atoms with E-state index in [4.69, 9.17) is 4.74 Å². The highest BCUT2D eigenvalue weighted by atomic mass is 32.2. The van der Waals surface area contributed by atoms with Gasteiger partial charge < -0.3 is 15.4 Å². The van der Waals surface area contributed by atoms with Crippen molar-refractivity contribution in [3.63, 3.8) is 0 Å². The zero-order valence-electron chi connectivity index (χ0n) is 18.5. The molecule has 0 aliphatic carbocycles. The summed E-state index contributed by atoms with van der Waals surface area (Å²) in [7, 11) is -3.41. The van der Waals surface area contributed by atoms with Gasteiger partial charge >= 0.3 is 5.97 Å². The van der Waals surface area contributed by atoms with Gasteiger partial charge in [0.1, 0.15) is 5.75 Å². The van der Waals surface area contributed by atoms with Crippen LogP contribution in [0.4, 0.5) is 11.4 Å². The summed E-state index contributed by atoms with van der Waals surface area (Å²) in [5, 5.41) is 5.58. The molecule has 9 nitrogen and oxygen atoms in total. The smallest absolute Gasteiger partial charge is 0.308 e. The van der Waals surface area contributed by atoms with Crippen molar-refractivity contribution >= 4 is 39.2 Å². The summed E-state index contributed by atoms with van der Waals surface area (Å²) in [6.07, 6.45) is 1.04. The van der Waals surface area contributed by atoms with Gasteiger partial charge in [0.25, 0.3) is 11.8 Å². The second-order valence-electron chi connectivity index (χ2n) is 7.37.